The molecular weight excluding hydrogens is 260 g/mol. The van der Waals surface area contributed by atoms with Gasteiger partial charge in [-0.3, -0.25) is 0 Å². The Morgan fingerprint density at radius 2 is 2.00 bits per heavy atom. The Morgan fingerprint density at radius 1 is 1.29 bits per heavy atom. The molecule has 0 spiro atoms. The highest BCUT2D eigenvalue weighted by molar-refractivity contribution is 5.79. The van der Waals surface area contributed by atoms with E-state index in [9.17, 15) is 0 Å². The molecule has 2 N–H and O–H groups in total. The second-order valence-electron chi connectivity index (χ2n) is 6.55. The third kappa shape index (κ3) is 3.56. The van der Waals surface area contributed by atoms with E-state index in [1.54, 1.807) is 0 Å². The number of likely N-dealkylation sites (N-methyl/N-ethyl adjacent to an activating group) is 1. The van der Waals surface area contributed by atoms with E-state index >= 15 is 0 Å². The van der Waals surface area contributed by atoms with E-state index < -0.39 is 0 Å². The maximum absolute atomic E-state index is 5.90. The Labute approximate surface area is 128 Å². The van der Waals surface area contributed by atoms with Gasteiger partial charge in [-0.15, -0.1) is 0 Å². The summed E-state index contributed by atoms with van der Waals surface area (Å²) in [5.41, 5.74) is 8.90. The highest BCUT2D eigenvalue weighted by Gasteiger charge is 2.20. The first-order valence-corrected chi connectivity index (χ1v) is 7.83. The lowest BCUT2D eigenvalue weighted by Gasteiger charge is -2.26. The maximum atomic E-state index is 5.90. The van der Waals surface area contributed by atoms with E-state index in [2.05, 4.69) is 50.4 Å². The molecule has 0 bridgehead atoms. The summed E-state index contributed by atoms with van der Waals surface area (Å²) in [6.45, 7) is 7.76. The summed E-state index contributed by atoms with van der Waals surface area (Å²) in [7, 11) is 4.27. The second kappa shape index (κ2) is 6.48. The summed E-state index contributed by atoms with van der Waals surface area (Å²) in [6.07, 6.45) is 2.09. The van der Waals surface area contributed by atoms with Crippen molar-refractivity contribution in [2.45, 2.75) is 39.7 Å². The average Bonchev–Trinajstić information content (AvgIpc) is 2.74. The monoisotopic (exact) mass is 288 g/mol. The van der Waals surface area contributed by atoms with Crippen molar-refractivity contribution in [2.24, 2.45) is 5.92 Å². The van der Waals surface area contributed by atoms with Gasteiger partial charge in [-0.1, -0.05) is 20.8 Å². The summed E-state index contributed by atoms with van der Waals surface area (Å²) < 4.78 is 2.43. The minimum Gasteiger partial charge on any atom is -0.399 e. The zero-order valence-corrected chi connectivity index (χ0v) is 13.9. The molecule has 0 fully saturated rings. The van der Waals surface area contributed by atoms with Crippen molar-refractivity contribution >= 4 is 16.7 Å². The van der Waals surface area contributed by atoms with E-state index in [4.69, 9.17) is 10.7 Å². The number of aryl methyl sites for hydroxylation is 1. The molecule has 1 atom stereocenters. The van der Waals surface area contributed by atoms with E-state index in [1.807, 2.05) is 12.1 Å². The summed E-state index contributed by atoms with van der Waals surface area (Å²) in [4.78, 5) is 7.05. The van der Waals surface area contributed by atoms with Crippen LogP contribution in [0.5, 0.6) is 0 Å². The molecule has 2 aromatic rings. The number of aromatic nitrogens is 2. The van der Waals surface area contributed by atoms with Crippen LogP contribution < -0.4 is 5.73 Å². The SMILES string of the molecule is CCc1nc2cc(N)ccc2n1C(CC(C)C)CN(C)C. The van der Waals surface area contributed by atoms with Gasteiger partial charge in [0, 0.05) is 24.7 Å². The predicted octanol–water partition coefficient (Wildman–Crippen LogP) is 3.33. The molecular formula is C17H28N4. The van der Waals surface area contributed by atoms with Gasteiger partial charge in [-0.05, 0) is 44.6 Å². The molecule has 0 saturated heterocycles. The summed E-state index contributed by atoms with van der Waals surface area (Å²) in [6, 6.07) is 6.51. The van der Waals surface area contributed by atoms with E-state index in [0.717, 1.165) is 36.4 Å². The number of benzene rings is 1. The van der Waals surface area contributed by atoms with Gasteiger partial charge in [0.25, 0.3) is 0 Å². The van der Waals surface area contributed by atoms with Gasteiger partial charge in [0.2, 0.25) is 0 Å². The molecule has 1 unspecified atom stereocenters. The summed E-state index contributed by atoms with van der Waals surface area (Å²) >= 11 is 0. The first kappa shape index (κ1) is 15.8. The van der Waals surface area contributed by atoms with Crippen LogP contribution in [0.25, 0.3) is 11.0 Å². The molecule has 0 radical (unpaired) electrons. The molecule has 0 aliphatic carbocycles. The molecule has 1 aromatic carbocycles. The molecule has 0 amide bonds. The Morgan fingerprint density at radius 3 is 2.57 bits per heavy atom. The molecule has 0 aliphatic heterocycles. The standard InChI is InChI=1S/C17H28N4/c1-6-17-19-15-10-13(18)7-8-16(15)21(17)14(9-12(2)3)11-20(4)5/h7-8,10,12,14H,6,9,11,18H2,1-5H3. The Bertz CT molecular complexity index is 588. The lowest BCUT2D eigenvalue weighted by atomic mass is 10.0. The van der Waals surface area contributed by atoms with Crippen molar-refractivity contribution in [3.8, 4) is 0 Å². The first-order chi connectivity index (χ1) is 9.92. The van der Waals surface area contributed by atoms with Crippen molar-refractivity contribution in [1.29, 1.82) is 0 Å². The van der Waals surface area contributed by atoms with Crippen molar-refractivity contribution in [1.82, 2.24) is 14.5 Å². The summed E-state index contributed by atoms with van der Waals surface area (Å²) in [5.74, 6) is 1.81. The number of rotatable bonds is 6. The molecule has 1 aromatic heterocycles. The van der Waals surface area contributed by atoms with Gasteiger partial charge >= 0.3 is 0 Å². The van der Waals surface area contributed by atoms with Gasteiger partial charge in [0.1, 0.15) is 5.82 Å². The Balaban J connectivity index is 2.53. The molecule has 116 valence electrons. The quantitative estimate of drug-likeness (QED) is 0.829. The zero-order valence-electron chi connectivity index (χ0n) is 13.9. The van der Waals surface area contributed by atoms with Crippen LogP contribution in [0.15, 0.2) is 18.2 Å². The Kier molecular flexibility index (Phi) is 4.88. The molecule has 4 nitrogen and oxygen atoms in total. The van der Waals surface area contributed by atoms with E-state index in [1.165, 1.54) is 5.52 Å². The lowest BCUT2D eigenvalue weighted by Crippen LogP contribution is -2.26. The van der Waals surface area contributed by atoms with Gasteiger partial charge in [0.05, 0.1) is 11.0 Å². The van der Waals surface area contributed by atoms with Gasteiger partial charge in [-0.2, -0.15) is 0 Å². The molecule has 4 heteroatoms. The number of hydrogen-bond acceptors (Lipinski definition) is 3. The normalized spacial score (nSPS) is 13.5. The van der Waals surface area contributed by atoms with Crippen LogP contribution in [0.3, 0.4) is 0 Å². The number of nitrogens with zero attached hydrogens (tertiary/aromatic N) is 3. The van der Waals surface area contributed by atoms with Crippen LogP contribution in [-0.2, 0) is 6.42 Å². The van der Waals surface area contributed by atoms with Crippen LogP contribution in [0.4, 0.5) is 5.69 Å². The van der Waals surface area contributed by atoms with Crippen molar-refractivity contribution < 1.29 is 0 Å². The number of anilines is 1. The van der Waals surface area contributed by atoms with Gasteiger partial charge in [-0.25, -0.2) is 4.98 Å². The minimum atomic E-state index is 0.448. The van der Waals surface area contributed by atoms with Crippen LogP contribution in [0, 0.1) is 5.92 Å². The fraction of sp³-hybridized carbons (Fsp3) is 0.588. The number of fused-ring (bicyclic) bond motifs is 1. The highest BCUT2D eigenvalue weighted by Crippen LogP contribution is 2.27. The van der Waals surface area contributed by atoms with E-state index in [-0.39, 0.29) is 0 Å². The van der Waals surface area contributed by atoms with E-state index in [0.29, 0.717) is 12.0 Å². The first-order valence-electron chi connectivity index (χ1n) is 7.83. The topological polar surface area (TPSA) is 47.1 Å². The molecule has 2 rings (SSSR count). The van der Waals surface area contributed by atoms with Crippen molar-refractivity contribution in [3.63, 3.8) is 0 Å². The van der Waals surface area contributed by atoms with Crippen molar-refractivity contribution in [3.05, 3.63) is 24.0 Å². The molecule has 0 saturated carbocycles. The molecule has 21 heavy (non-hydrogen) atoms. The third-order valence-electron chi connectivity index (χ3n) is 3.79. The fourth-order valence-corrected chi connectivity index (χ4v) is 3.05. The van der Waals surface area contributed by atoms with Crippen LogP contribution in [0.2, 0.25) is 0 Å². The lowest BCUT2D eigenvalue weighted by molar-refractivity contribution is 0.289. The van der Waals surface area contributed by atoms with Crippen LogP contribution in [0.1, 0.15) is 39.1 Å². The fourth-order valence-electron chi connectivity index (χ4n) is 3.05. The predicted molar refractivity (Wildman–Crippen MR) is 90.6 cm³/mol. The van der Waals surface area contributed by atoms with Gasteiger partial charge < -0.3 is 15.2 Å². The number of nitrogens with two attached hydrogens (primary N) is 1. The third-order valence-corrected chi connectivity index (χ3v) is 3.79. The second-order valence-corrected chi connectivity index (χ2v) is 6.55. The number of imidazole rings is 1. The Hall–Kier alpha value is -1.55. The number of nitrogen functional groups attached to an aromatic ring is 1. The van der Waals surface area contributed by atoms with Crippen LogP contribution in [-0.4, -0.2) is 35.1 Å². The van der Waals surface area contributed by atoms with Gasteiger partial charge in [0.15, 0.2) is 0 Å². The smallest absolute Gasteiger partial charge is 0.109 e. The van der Waals surface area contributed by atoms with Crippen molar-refractivity contribution in [2.75, 3.05) is 26.4 Å². The summed E-state index contributed by atoms with van der Waals surface area (Å²) in [5, 5.41) is 0. The zero-order chi connectivity index (χ0) is 15.6. The molecule has 0 aliphatic rings. The van der Waals surface area contributed by atoms with Crippen LogP contribution >= 0.6 is 0 Å². The maximum Gasteiger partial charge on any atom is 0.109 e. The highest BCUT2D eigenvalue weighted by atomic mass is 15.2. The number of hydrogen-bond donors (Lipinski definition) is 1. The minimum absolute atomic E-state index is 0.448. The molecule has 1 heterocycles. The largest absolute Gasteiger partial charge is 0.399 e. The average molecular weight is 288 g/mol.